The van der Waals surface area contributed by atoms with Gasteiger partial charge in [-0.1, -0.05) is 30.3 Å². The number of nitrogens with zero attached hydrogens (tertiary/aromatic N) is 1. The van der Waals surface area contributed by atoms with Crippen molar-refractivity contribution in [3.63, 3.8) is 0 Å². The van der Waals surface area contributed by atoms with Gasteiger partial charge >= 0.3 is 6.03 Å². The van der Waals surface area contributed by atoms with Gasteiger partial charge in [0, 0.05) is 22.9 Å². The summed E-state index contributed by atoms with van der Waals surface area (Å²) in [7, 11) is 0. The van der Waals surface area contributed by atoms with Crippen LogP contribution < -0.4 is 15.5 Å². The van der Waals surface area contributed by atoms with Crippen molar-refractivity contribution in [1.82, 2.24) is 5.32 Å². The van der Waals surface area contributed by atoms with Gasteiger partial charge in [0.1, 0.15) is 0 Å². The van der Waals surface area contributed by atoms with Crippen LogP contribution in [0.2, 0.25) is 0 Å². The zero-order valence-corrected chi connectivity index (χ0v) is 13.3. The number of nitrogens with one attached hydrogen (secondary N) is 2. The lowest BCUT2D eigenvalue weighted by Crippen LogP contribution is -2.43. The maximum atomic E-state index is 12.1. The van der Waals surface area contributed by atoms with E-state index in [9.17, 15) is 9.59 Å². The Labute approximate surface area is 139 Å². The molecule has 0 saturated heterocycles. The number of hydrogen-bond acceptors (Lipinski definition) is 4. The number of para-hydroxylation sites is 2. The number of imide groups is 1. The van der Waals surface area contributed by atoms with Gasteiger partial charge in [0.25, 0.3) is 0 Å². The van der Waals surface area contributed by atoms with Crippen LogP contribution in [0.25, 0.3) is 0 Å². The lowest BCUT2D eigenvalue weighted by molar-refractivity contribution is -0.118. The van der Waals surface area contributed by atoms with Crippen molar-refractivity contribution in [1.29, 1.82) is 0 Å². The summed E-state index contributed by atoms with van der Waals surface area (Å²) in [5.41, 5.74) is 1.69. The van der Waals surface area contributed by atoms with Gasteiger partial charge in [-0.05, 0) is 24.3 Å². The molecule has 2 aromatic carbocycles. The second kappa shape index (κ2) is 7.19. The molecule has 6 heteroatoms. The molecule has 1 aliphatic rings. The second-order valence-electron chi connectivity index (χ2n) is 5.11. The molecule has 5 nitrogen and oxygen atoms in total. The number of anilines is 2. The van der Waals surface area contributed by atoms with Crippen LogP contribution in [0.4, 0.5) is 16.2 Å². The number of urea groups is 1. The fourth-order valence-electron chi connectivity index (χ4n) is 2.41. The molecule has 3 rings (SSSR count). The molecule has 118 valence electrons. The first kappa shape index (κ1) is 15.4. The normalized spacial score (nSPS) is 13.1. The van der Waals surface area contributed by atoms with Crippen LogP contribution in [0.5, 0.6) is 0 Å². The minimum Gasteiger partial charge on any atom is -0.360 e. The van der Waals surface area contributed by atoms with Gasteiger partial charge in [-0.25, -0.2) is 4.79 Å². The maximum Gasteiger partial charge on any atom is 0.325 e. The molecule has 0 unspecified atom stereocenters. The first-order valence-electron chi connectivity index (χ1n) is 7.35. The minimum atomic E-state index is -0.513. The highest BCUT2D eigenvalue weighted by Gasteiger charge is 2.20. The number of carbonyl (C=O) groups excluding carboxylic acids is 2. The molecular weight excluding hydrogens is 310 g/mol. The summed E-state index contributed by atoms with van der Waals surface area (Å²) in [6.07, 6.45) is 0. The molecule has 0 bridgehead atoms. The molecular formula is C17H17N3O2S. The maximum absolute atomic E-state index is 12.1. The number of benzene rings is 2. The number of hydrogen-bond donors (Lipinski definition) is 2. The van der Waals surface area contributed by atoms with E-state index in [2.05, 4.69) is 10.6 Å². The van der Waals surface area contributed by atoms with Crippen LogP contribution in [0.3, 0.4) is 0 Å². The van der Waals surface area contributed by atoms with Crippen molar-refractivity contribution in [3.05, 3.63) is 54.6 Å². The number of rotatable bonds is 3. The number of carbonyl (C=O) groups is 2. The zero-order valence-electron chi connectivity index (χ0n) is 12.5. The Morgan fingerprint density at radius 2 is 1.78 bits per heavy atom. The Bertz CT molecular complexity index is 706. The topological polar surface area (TPSA) is 61.4 Å². The molecule has 0 saturated carbocycles. The molecule has 0 fully saturated rings. The summed E-state index contributed by atoms with van der Waals surface area (Å²) in [5, 5.41) is 5.00. The largest absolute Gasteiger partial charge is 0.360 e. The quantitative estimate of drug-likeness (QED) is 0.910. The third-order valence-electron chi connectivity index (χ3n) is 3.44. The van der Waals surface area contributed by atoms with E-state index < -0.39 is 6.03 Å². The zero-order chi connectivity index (χ0) is 16.1. The van der Waals surface area contributed by atoms with Crippen molar-refractivity contribution in [2.75, 3.05) is 29.1 Å². The van der Waals surface area contributed by atoms with E-state index in [1.165, 1.54) is 4.90 Å². The van der Waals surface area contributed by atoms with Gasteiger partial charge in [0.05, 0.1) is 12.2 Å². The second-order valence-corrected chi connectivity index (χ2v) is 6.24. The van der Waals surface area contributed by atoms with Crippen LogP contribution in [-0.4, -0.2) is 30.8 Å². The van der Waals surface area contributed by atoms with Crippen molar-refractivity contribution < 1.29 is 9.59 Å². The number of amides is 3. The Hall–Kier alpha value is -2.47. The van der Waals surface area contributed by atoms with Gasteiger partial charge in [-0.2, -0.15) is 0 Å². The average molecular weight is 327 g/mol. The molecule has 2 N–H and O–H groups in total. The summed E-state index contributed by atoms with van der Waals surface area (Å²) < 4.78 is 0. The smallest absolute Gasteiger partial charge is 0.325 e. The Morgan fingerprint density at radius 1 is 1.04 bits per heavy atom. The third-order valence-corrected chi connectivity index (χ3v) is 4.49. The van der Waals surface area contributed by atoms with Gasteiger partial charge in [0.15, 0.2) is 0 Å². The third kappa shape index (κ3) is 4.04. The van der Waals surface area contributed by atoms with Gasteiger partial charge < -0.3 is 10.2 Å². The lowest BCUT2D eigenvalue weighted by atomic mass is 10.2. The highest BCUT2D eigenvalue weighted by atomic mass is 32.2. The van der Waals surface area contributed by atoms with Gasteiger partial charge in [-0.15, -0.1) is 11.8 Å². The van der Waals surface area contributed by atoms with E-state index in [0.717, 1.165) is 18.0 Å². The fraction of sp³-hybridized carbons (Fsp3) is 0.176. The molecule has 23 heavy (non-hydrogen) atoms. The average Bonchev–Trinajstić information content (AvgIpc) is 2.56. The first-order chi connectivity index (χ1) is 11.2. The van der Waals surface area contributed by atoms with Crippen LogP contribution in [0, 0.1) is 0 Å². The molecule has 1 heterocycles. The van der Waals surface area contributed by atoms with Crippen LogP contribution in [-0.2, 0) is 4.79 Å². The van der Waals surface area contributed by atoms with E-state index >= 15 is 0 Å². The Morgan fingerprint density at radius 3 is 2.61 bits per heavy atom. The molecule has 3 amide bonds. The van der Waals surface area contributed by atoms with Crippen LogP contribution >= 0.6 is 11.8 Å². The van der Waals surface area contributed by atoms with Crippen molar-refractivity contribution in [3.8, 4) is 0 Å². The summed E-state index contributed by atoms with van der Waals surface area (Å²) in [6, 6.07) is 16.5. The minimum absolute atomic E-state index is 0.166. The van der Waals surface area contributed by atoms with E-state index in [1.54, 1.807) is 23.9 Å². The van der Waals surface area contributed by atoms with Crippen molar-refractivity contribution in [2.24, 2.45) is 0 Å². The number of fused-ring (bicyclic) bond motifs is 1. The lowest BCUT2D eigenvalue weighted by Gasteiger charge is -2.30. The molecule has 0 aliphatic carbocycles. The van der Waals surface area contributed by atoms with Crippen molar-refractivity contribution >= 4 is 35.1 Å². The SMILES string of the molecule is O=C(CN1CCSc2ccccc21)NC(=O)Nc1ccccc1. The van der Waals surface area contributed by atoms with E-state index in [1.807, 2.05) is 47.4 Å². The Kier molecular flexibility index (Phi) is 4.83. The van der Waals surface area contributed by atoms with Gasteiger partial charge in [-0.3, -0.25) is 10.1 Å². The van der Waals surface area contributed by atoms with Crippen molar-refractivity contribution in [2.45, 2.75) is 4.90 Å². The summed E-state index contributed by atoms with van der Waals surface area (Å²) >= 11 is 1.78. The van der Waals surface area contributed by atoms with Crippen LogP contribution in [0.15, 0.2) is 59.5 Å². The predicted octanol–water partition coefficient (Wildman–Crippen LogP) is 2.95. The summed E-state index contributed by atoms with van der Waals surface area (Å²) in [6.45, 7) is 0.954. The molecule has 0 radical (unpaired) electrons. The summed E-state index contributed by atoms with van der Waals surface area (Å²) in [4.78, 5) is 27.1. The van der Waals surface area contributed by atoms with E-state index in [0.29, 0.717) is 5.69 Å². The molecule has 0 aromatic heterocycles. The highest BCUT2D eigenvalue weighted by molar-refractivity contribution is 7.99. The highest BCUT2D eigenvalue weighted by Crippen LogP contribution is 2.33. The van der Waals surface area contributed by atoms with Crippen LogP contribution in [0.1, 0.15) is 0 Å². The summed E-state index contributed by atoms with van der Waals surface area (Å²) in [5.74, 6) is 0.612. The van der Waals surface area contributed by atoms with E-state index in [-0.39, 0.29) is 12.5 Å². The molecule has 1 aliphatic heterocycles. The number of thioether (sulfide) groups is 1. The molecule has 0 atom stereocenters. The Balaban J connectivity index is 1.57. The standard InChI is InChI=1S/C17H17N3O2S/c21-16(19-17(22)18-13-6-2-1-3-7-13)12-20-10-11-23-15-9-5-4-8-14(15)20/h1-9H,10-12H2,(H2,18,19,21,22). The molecule has 0 spiro atoms. The predicted molar refractivity (Wildman–Crippen MR) is 93.0 cm³/mol. The van der Waals surface area contributed by atoms with Gasteiger partial charge in [0.2, 0.25) is 5.91 Å². The molecule has 2 aromatic rings. The van der Waals surface area contributed by atoms with E-state index in [4.69, 9.17) is 0 Å². The monoisotopic (exact) mass is 327 g/mol. The first-order valence-corrected chi connectivity index (χ1v) is 8.33. The fourth-order valence-corrected chi connectivity index (χ4v) is 3.47.